The second-order valence-electron chi connectivity index (χ2n) is 2.44. The minimum Gasteiger partial charge on any atom is -0.396 e. The Kier molecular flexibility index (Phi) is 18.3. The van der Waals surface area contributed by atoms with Crippen LogP contribution in [0, 0.1) is 0 Å². The number of hydrogen-bond acceptors (Lipinski definition) is 3. The summed E-state index contributed by atoms with van der Waals surface area (Å²) in [4.78, 5) is -0.616. The van der Waals surface area contributed by atoms with E-state index in [0.29, 0.717) is 0 Å². The number of aliphatic hydroxyl groups excluding tert-OH is 3. The minimum atomic E-state index is -0.616. The predicted octanol–water partition coefficient (Wildman–Crippen LogP) is 1.31. The molecule has 0 heterocycles. The third-order valence-corrected chi connectivity index (χ3v) is 1.48. The second-order valence-corrected chi connectivity index (χ2v) is 3.71. The largest absolute Gasteiger partial charge is 0.396 e. The van der Waals surface area contributed by atoms with Gasteiger partial charge in [0.2, 0.25) is 0 Å². The topological polar surface area (TPSA) is 60.7 Å². The van der Waals surface area contributed by atoms with Crippen molar-refractivity contribution in [3.8, 4) is 0 Å². The van der Waals surface area contributed by atoms with Crippen molar-refractivity contribution in [1.82, 2.24) is 0 Å². The zero-order valence-corrected chi connectivity index (χ0v) is 9.14. The molecule has 0 aliphatic rings. The number of alkyl halides is 2. The van der Waals surface area contributed by atoms with E-state index in [2.05, 4.69) is 0 Å². The average Bonchev–Trinajstić information content (AvgIpc) is 2.14. The molecule has 0 aliphatic carbocycles. The Hall–Kier alpha value is 0.460. The molecule has 0 radical (unpaired) electrons. The highest BCUT2D eigenvalue weighted by molar-refractivity contribution is 6.44. The third-order valence-electron chi connectivity index (χ3n) is 1.20. The van der Waals surface area contributed by atoms with E-state index in [-0.39, 0.29) is 19.8 Å². The van der Waals surface area contributed by atoms with Gasteiger partial charge in [0.15, 0.2) is 0 Å². The number of unbranched alkanes of at least 4 members (excludes halogenated alkanes) is 3. The molecule has 5 heteroatoms. The molecule has 0 bridgehead atoms. The van der Waals surface area contributed by atoms with Gasteiger partial charge in [-0.15, -0.1) is 23.2 Å². The molecule has 0 amide bonds. The molecule has 0 spiro atoms. The molecule has 3 nitrogen and oxygen atoms in total. The Morgan fingerprint density at radius 2 is 1.08 bits per heavy atom. The highest BCUT2D eigenvalue weighted by Crippen LogP contribution is 1.96. The van der Waals surface area contributed by atoms with E-state index in [4.69, 9.17) is 38.5 Å². The Balaban J connectivity index is 0. The van der Waals surface area contributed by atoms with Crippen LogP contribution in [0.4, 0.5) is 0 Å². The summed E-state index contributed by atoms with van der Waals surface area (Å²) in [5.41, 5.74) is 0. The Morgan fingerprint density at radius 3 is 1.23 bits per heavy atom. The van der Waals surface area contributed by atoms with Gasteiger partial charge in [-0.2, -0.15) is 0 Å². The molecule has 0 fully saturated rings. The Labute approximate surface area is 89.3 Å². The Morgan fingerprint density at radius 1 is 0.769 bits per heavy atom. The van der Waals surface area contributed by atoms with Crippen molar-refractivity contribution in [2.24, 2.45) is 0 Å². The second kappa shape index (κ2) is 15.0. The maximum Gasteiger partial charge on any atom is 0.130 e. The van der Waals surface area contributed by atoms with Crippen LogP contribution >= 0.6 is 23.2 Å². The summed E-state index contributed by atoms with van der Waals surface area (Å²) in [6.45, 7) is 0.403. The summed E-state index contributed by atoms with van der Waals surface area (Å²) in [5.74, 6) is 0. The lowest BCUT2D eigenvalue weighted by atomic mass is 10.2. The lowest BCUT2D eigenvalue weighted by Gasteiger charge is -1.93. The van der Waals surface area contributed by atoms with Crippen molar-refractivity contribution in [2.45, 2.75) is 30.5 Å². The van der Waals surface area contributed by atoms with Crippen LogP contribution in [0.5, 0.6) is 0 Å². The van der Waals surface area contributed by atoms with Crippen LogP contribution in [0.1, 0.15) is 25.7 Å². The van der Waals surface area contributed by atoms with Crippen LogP contribution in [0.3, 0.4) is 0 Å². The van der Waals surface area contributed by atoms with Gasteiger partial charge in [-0.3, -0.25) is 0 Å². The summed E-state index contributed by atoms with van der Waals surface area (Å²) < 4.78 is 0. The molecule has 0 rings (SSSR count). The van der Waals surface area contributed by atoms with E-state index < -0.39 is 4.84 Å². The van der Waals surface area contributed by atoms with Gasteiger partial charge in [0.25, 0.3) is 0 Å². The summed E-state index contributed by atoms with van der Waals surface area (Å²) in [5, 5.41) is 24.5. The maximum absolute atomic E-state index is 8.30. The maximum atomic E-state index is 8.30. The molecular formula is C8H18Cl2O3. The fourth-order valence-corrected chi connectivity index (χ4v) is 0.577. The highest BCUT2D eigenvalue weighted by atomic mass is 35.5. The third kappa shape index (κ3) is 24.5. The van der Waals surface area contributed by atoms with Gasteiger partial charge in [-0.1, -0.05) is 12.8 Å². The molecule has 0 aromatic rings. The van der Waals surface area contributed by atoms with Crippen LogP contribution in [0.25, 0.3) is 0 Å². The van der Waals surface area contributed by atoms with Gasteiger partial charge in [-0.25, -0.2) is 0 Å². The first kappa shape index (κ1) is 15.9. The molecule has 0 saturated carbocycles. The van der Waals surface area contributed by atoms with Crippen molar-refractivity contribution in [3.63, 3.8) is 0 Å². The van der Waals surface area contributed by atoms with E-state index in [9.17, 15) is 0 Å². The first-order valence-electron chi connectivity index (χ1n) is 4.29. The SMILES string of the molecule is OCC(Cl)Cl.OCCCCCCO. The van der Waals surface area contributed by atoms with Gasteiger partial charge < -0.3 is 15.3 Å². The van der Waals surface area contributed by atoms with Crippen molar-refractivity contribution in [2.75, 3.05) is 19.8 Å². The van der Waals surface area contributed by atoms with Crippen LogP contribution in [-0.2, 0) is 0 Å². The van der Waals surface area contributed by atoms with Gasteiger partial charge in [0.05, 0.1) is 6.61 Å². The molecule has 0 aliphatic heterocycles. The van der Waals surface area contributed by atoms with Crippen molar-refractivity contribution < 1.29 is 15.3 Å². The van der Waals surface area contributed by atoms with E-state index in [1.165, 1.54) is 0 Å². The summed E-state index contributed by atoms with van der Waals surface area (Å²) >= 11 is 9.96. The molecular weight excluding hydrogens is 215 g/mol. The number of rotatable bonds is 6. The first-order valence-corrected chi connectivity index (χ1v) is 5.17. The summed E-state index contributed by atoms with van der Waals surface area (Å²) in [6, 6.07) is 0. The monoisotopic (exact) mass is 232 g/mol. The molecule has 0 aromatic carbocycles. The molecule has 3 N–H and O–H groups in total. The lowest BCUT2D eigenvalue weighted by molar-refractivity contribution is 0.265. The average molecular weight is 233 g/mol. The van der Waals surface area contributed by atoms with Gasteiger partial charge in [-0.05, 0) is 12.8 Å². The molecule has 0 atom stereocenters. The smallest absolute Gasteiger partial charge is 0.130 e. The number of hydrogen-bond donors (Lipinski definition) is 3. The molecule has 82 valence electrons. The van der Waals surface area contributed by atoms with Crippen molar-refractivity contribution >= 4 is 23.2 Å². The van der Waals surface area contributed by atoms with Crippen LogP contribution in [0.15, 0.2) is 0 Å². The van der Waals surface area contributed by atoms with Crippen molar-refractivity contribution in [1.29, 1.82) is 0 Å². The molecule has 0 unspecified atom stereocenters. The lowest BCUT2D eigenvalue weighted by Crippen LogP contribution is -1.90. The zero-order chi connectivity index (χ0) is 10.5. The quantitative estimate of drug-likeness (QED) is 0.479. The van der Waals surface area contributed by atoms with E-state index in [1.54, 1.807) is 0 Å². The van der Waals surface area contributed by atoms with Crippen molar-refractivity contribution in [3.05, 3.63) is 0 Å². The van der Waals surface area contributed by atoms with Gasteiger partial charge in [0.1, 0.15) is 4.84 Å². The zero-order valence-electron chi connectivity index (χ0n) is 7.62. The standard InChI is InChI=1S/C6H14O2.C2H4Cl2O/c7-5-3-1-2-4-6-8;3-2(4)1-5/h7-8H,1-6H2;2,5H,1H2. The first-order chi connectivity index (χ1) is 6.18. The van der Waals surface area contributed by atoms with Crippen LogP contribution in [-0.4, -0.2) is 40.0 Å². The fourth-order valence-electron chi connectivity index (χ4n) is 0.577. The van der Waals surface area contributed by atoms with E-state index >= 15 is 0 Å². The van der Waals surface area contributed by atoms with E-state index in [1.807, 2.05) is 0 Å². The van der Waals surface area contributed by atoms with Crippen LogP contribution < -0.4 is 0 Å². The predicted molar refractivity (Wildman–Crippen MR) is 55.2 cm³/mol. The van der Waals surface area contributed by atoms with Gasteiger partial charge in [0, 0.05) is 13.2 Å². The Bertz CT molecular complexity index is 75.8. The summed E-state index contributed by atoms with van der Waals surface area (Å²) in [6.07, 6.45) is 3.83. The molecule has 13 heavy (non-hydrogen) atoms. The van der Waals surface area contributed by atoms with E-state index in [0.717, 1.165) is 25.7 Å². The van der Waals surface area contributed by atoms with Crippen LogP contribution in [0.2, 0.25) is 0 Å². The number of aliphatic hydroxyl groups is 3. The normalized spacial score (nSPS) is 9.69. The minimum absolute atomic E-state index is 0.164. The summed E-state index contributed by atoms with van der Waals surface area (Å²) in [7, 11) is 0. The highest BCUT2D eigenvalue weighted by Gasteiger charge is 1.88. The molecule has 0 aromatic heterocycles. The van der Waals surface area contributed by atoms with Gasteiger partial charge >= 0.3 is 0 Å². The molecule has 0 saturated heterocycles. The fraction of sp³-hybridized carbons (Fsp3) is 1.00. The number of halogens is 2.